The average Bonchev–Trinajstić information content (AvgIpc) is 3.29. The summed E-state index contributed by atoms with van der Waals surface area (Å²) in [7, 11) is 0. The van der Waals surface area contributed by atoms with E-state index in [9.17, 15) is 9.18 Å². The van der Waals surface area contributed by atoms with Crippen molar-refractivity contribution in [2.45, 2.75) is 64.0 Å². The predicted octanol–water partition coefficient (Wildman–Crippen LogP) is 4.75. The molecule has 1 fully saturated rings. The molecule has 2 aromatic carbocycles. The van der Waals surface area contributed by atoms with Crippen LogP contribution in [0.3, 0.4) is 0 Å². The van der Waals surface area contributed by atoms with Crippen LogP contribution in [-0.2, 0) is 11.2 Å². The van der Waals surface area contributed by atoms with Gasteiger partial charge in [-0.15, -0.1) is 0 Å². The van der Waals surface area contributed by atoms with E-state index in [0.717, 1.165) is 36.6 Å². The maximum atomic E-state index is 13.0. The second kappa shape index (κ2) is 12.8. The number of nitrogens with zero attached hydrogens (tertiary/aromatic N) is 1. The maximum absolute atomic E-state index is 13.0. The van der Waals surface area contributed by atoms with Crippen LogP contribution >= 0.6 is 0 Å². The van der Waals surface area contributed by atoms with Crippen molar-refractivity contribution in [1.82, 2.24) is 10.2 Å². The van der Waals surface area contributed by atoms with E-state index in [1.165, 1.54) is 37.8 Å². The number of hydrogen-bond acceptors (Lipinski definition) is 5. The van der Waals surface area contributed by atoms with Gasteiger partial charge in [-0.3, -0.25) is 9.69 Å². The van der Waals surface area contributed by atoms with Crippen LogP contribution in [0.15, 0.2) is 42.5 Å². The normalized spacial score (nSPS) is 18.3. The van der Waals surface area contributed by atoms with Gasteiger partial charge in [-0.05, 0) is 80.6 Å². The van der Waals surface area contributed by atoms with Gasteiger partial charge in [-0.1, -0.05) is 19.4 Å². The molecular formula is C28H37FN2O4. The molecule has 2 aliphatic rings. The lowest BCUT2D eigenvalue weighted by Crippen LogP contribution is -2.46. The molecule has 2 atom stereocenters. The van der Waals surface area contributed by atoms with E-state index < -0.39 is 0 Å². The molecule has 2 aromatic rings. The van der Waals surface area contributed by atoms with Crippen LogP contribution in [0, 0.1) is 5.82 Å². The highest BCUT2D eigenvalue weighted by atomic mass is 19.1. The Kier molecular flexibility index (Phi) is 9.23. The monoisotopic (exact) mass is 484 g/mol. The van der Waals surface area contributed by atoms with Crippen LogP contribution in [-0.4, -0.2) is 55.8 Å². The molecule has 1 saturated heterocycles. The Morgan fingerprint density at radius 2 is 1.97 bits per heavy atom. The fourth-order valence-corrected chi connectivity index (χ4v) is 4.99. The second-order valence-electron chi connectivity index (χ2n) is 9.43. The Morgan fingerprint density at radius 1 is 1.17 bits per heavy atom. The molecule has 4 rings (SSSR count). The number of ether oxygens (including phenoxy) is 3. The molecule has 0 saturated carbocycles. The predicted molar refractivity (Wildman–Crippen MR) is 134 cm³/mol. The third-order valence-corrected chi connectivity index (χ3v) is 6.66. The van der Waals surface area contributed by atoms with Gasteiger partial charge in [0.1, 0.15) is 24.8 Å². The highest BCUT2D eigenvalue weighted by Gasteiger charge is 2.27. The third kappa shape index (κ3) is 7.59. The lowest BCUT2D eigenvalue weighted by molar-refractivity contribution is -0.122. The number of halogens is 1. The molecule has 6 nitrogen and oxygen atoms in total. The number of likely N-dealkylation sites (tertiary alicyclic amines) is 1. The van der Waals surface area contributed by atoms with E-state index >= 15 is 0 Å². The van der Waals surface area contributed by atoms with E-state index in [2.05, 4.69) is 23.2 Å². The molecule has 190 valence electrons. The van der Waals surface area contributed by atoms with Gasteiger partial charge in [0, 0.05) is 25.0 Å². The Bertz CT molecular complexity index is 952. The van der Waals surface area contributed by atoms with Gasteiger partial charge in [0.05, 0.1) is 6.61 Å². The molecule has 0 aromatic heterocycles. The molecule has 1 amide bonds. The standard InChI is InChI=1S/C28H37FN2O4/c1-2-5-24-6-3-14-31(24)20-23(18-21-8-13-26-27(19-21)35-17-16-34-26)30-28(32)7-4-15-33-25-11-9-22(29)10-12-25/h8-13,19,23-24H,2-7,14-18,20H2,1H3,(H,30,32)/t23-,24?/m1/s1. The number of carbonyl (C=O) groups is 1. The fourth-order valence-electron chi connectivity index (χ4n) is 4.99. The summed E-state index contributed by atoms with van der Waals surface area (Å²) >= 11 is 0. The van der Waals surface area contributed by atoms with Gasteiger partial charge in [0.15, 0.2) is 11.5 Å². The average molecular weight is 485 g/mol. The molecule has 7 heteroatoms. The van der Waals surface area contributed by atoms with E-state index in [0.29, 0.717) is 44.5 Å². The Balaban J connectivity index is 1.33. The summed E-state index contributed by atoms with van der Waals surface area (Å²) < 4.78 is 30.1. The van der Waals surface area contributed by atoms with Crippen molar-refractivity contribution < 1.29 is 23.4 Å². The van der Waals surface area contributed by atoms with E-state index in [1.807, 2.05) is 12.1 Å². The zero-order chi connectivity index (χ0) is 24.5. The quantitative estimate of drug-likeness (QED) is 0.441. The van der Waals surface area contributed by atoms with Crippen LogP contribution in [0.25, 0.3) is 0 Å². The van der Waals surface area contributed by atoms with Crippen LogP contribution in [0.1, 0.15) is 51.0 Å². The minimum atomic E-state index is -0.292. The summed E-state index contributed by atoms with van der Waals surface area (Å²) in [6.45, 7) is 5.71. The maximum Gasteiger partial charge on any atom is 0.220 e. The van der Waals surface area contributed by atoms with E-state index in [4.69, 9.17) is 14.2 Å². The Labute approximate surface area is 207 Å². The molecule has 0 aliphatic carbocycles. The smallest absolute Gasteiger partial charge is 0.220 e. The van der Waals surface area contributed by atoms with Crippen LogP contribution in [0.2, 0.25) is 0 Å². The summed E-state index contributed by atoms with van der Waals surface area (Å²) in [6.07, 6.45) is 6.55. The second-order valence-corrected chi connectivity index (χ2v) is 9.43. The molecule has 1 N–H and O–H groups in total. The van der Waals surface area contributed by atoms with Gasteiger partial charge in [-0.2, -0.15) is 0 Å². The zero-order valence-corrected chi connectivity index (χ0v) is 20.6. The largest absolute Gasteiger partial charge is 0.494 e. The summed E-state index contributed by atoms with van der Waals surface area (Å²) in [5.41, 5.74) is 1.13. The minimum Gasteiger partial charge on any atom is -0.494 e. The molecule has 1 unspecified atom stereocenters. The highest BCUT2D eigenvalue weighted by Crippen LogP contribution is 2.31. The number of carbonyl (C=O) groups excluding carboxylic acids is 1. The fraction of sp³-hybridized carbons (Fsp3) is 0.536. The summed E-state index contributed by atoms with van der Waals surface area (Å²) in [5.74, 6) is 1.91. The van der Waals surface area contributed by atoms with Gasteiger partial charge >= 0.3 is 0 Å². The molecule has 2 heterocycles. The van der Waals surface area contributed by atoms with Crippen LogP contribution in [0.4, 0.5) is 4.39 Å². The lowest BCUT2D eigenvalue weighted by atomic mass is 10.0. The molecule has 0 radical (unpaired) electrons. The number of fused-ring (bicyclic) bond motifs is 1. The first-order chi connectivity index (χ1) is 17.1. The number of nitrogens with one attached hydrogen (secondary N) is 1. The lowest BCUT2D eigenvalue weighted by Gasteiger charge is -2.30. The van der Waals surface area contributed by atoms with E-state index in [-0.39, 0.29) is 17.8 Å². The minimum absolute atomic E-state index is 0.0144. The molecule has 35 heavy (non-hydrogen) atoms. The molecule has 0 spiro atoms. The summed E-state index contributed by atoms with van der Waals surface area (Å²) in [4.78, 5) is 15.4. The van der Waals surface area contributed by atoms with Crippen molar-refractivity contribution in [2.24, 2.45) is 0 Å². The molecule has 0 bridgehead atoms. The summed E-state index contributed by atoms with van der Waals surface area (Å²) in [5, 5.41) is 3.28. The third-order valence-electron chi connectivity index (χ3n) is 6.66. The van der Waals surface area contributed by atoms with Crippen LogP contribution < -0.4 is 19.5 Å². The van der Waals surface area contributed by atoms with Gasteiger partial charge < -0.3 is 19.5 Å². The SMILES string of the molecule is CCCC1CCCN1C[C@@H](Cc1ccc2c(c1)OCCO2)NC(=O)CCCOc1ccc(F)cc1. The number of hydrogen-bond donors (Lipinski definition) is 1. The zero-order valence-electron chi connectivity index (χ0n) is 20.6. The summed E-state index contributed by atoms with van der Waals surface area (Å²) in [6, 6.07) is 12.6. The topological polar surface area (TPSA) is 60.0 Å². The van der Waals surface area contributed by atoms with Crippen molar-refractivity contribution in [3.05, 3.63) is 53.8 Å². The van der Waals surface area contributed by atoms with Crippen molar-refractivity contribution in [2.75, 3.05) is 32.9 Å². The van der Waals surface area contributed by atoms with Gasteiger partial charge in [0.25, 0.3) is 0 Å². The highest BCUT2D eigenvalue weighted by molar-refractivity contribution is 5.76. The first-order valence-corrected chi connectivity index (χ1v) is 12.9. The number of rotatable bonds is 12. The van der Waals surface area contributed by atoms with Crippen molar-refractivity contribution >= 4 is 5.91 Å². The van der Waals surface area contributed by atoms with Crippen LogP contribution in [0.5, 0.6) is 17.2 Å². The molecular weight excluding hydrogens is 447 g/mol. The van der Waals surface area contributed by atoms with E-state index in [1.54, 1.807) is 12.1 Å². The number of amides is 1. The van der Waals surface area contributed by atoms with Gasteiger partial charge in [-0.25, -0.2) is 4.39 Å². The van der Waals surface area contributed by atoms with Gasteiger partial charge in [0.2, 0.25) is 5.91 Å². The first kappa shape index (κ1) is 25.3. The first-order valence-electron chi connectivity index (χ1n) is 12.9. The molecule has 2 aliphatic heterocycles. The Hall–Kier alpha value is -2.80. The van der Waals surface area contributed by atoms with Crippen molar-refractivity contribution in [3.63, 3.8) is 0 Å². The number of benzene rings is 2. The van der Waals surface area contributed by atoms with Crippen molar-refractivity contribution in [1.29, 1.82) is 0 Å². The Morgan fingerprint density at radius 3 is 2.77 bits per heavy atom. The van der Waals surface area contributed by atoms with Crippen molar-refractivity contribution in [3.8, 4) is 17.2 Å².